The van der Waals surface area contributed by atoms with Crippen molar-refractivity contribution in [1.29, 1.82) is 0 Å². The monoisotopic (exact) mass is 168 g/mol. The minimum atomic E-state index is 0.360. The number of aromatic amines is 1. The summed E-state index contributed by atoms with van der Waals surface area (Å²) >= 11 is 0. The van der Waals surface area contributed by atoms with Gasteiger partial charge in [0.2, 0.25) is 0 Å². The Morgan fingerprint density at radius 1 is 1.75 bits per heavy atom. The predicted octanol–water partition coefficient (Wildman–Crippen LogP) is 0.155. The molecule has 1 aromatic rings. The highest BCUT2D eigenvalue weighted by Crippen LogP contribution is 2.01. The van der Waals surface area contributed by atoms with Gasteiger partial charge < -0.3 is 11.1 Å². The van der Waals surface area contributed by atoms with Crippen molar-refractivity contribution in [2.75, 3.05) is 6.54 Å². The first kappa shape index (κ1) is 9.22. The molecule has 0 spiro atoms. The largest absolute Gasteiger partial charge is 0.329 e. The molecule has 1 heterocycles. The van der Waals surface area contributed by atoms with E-state index >= 15 is 0 Å². The van der Waals surface area contributed by atoms with Gasteiger partial charge in [-0.25, -0.2) is 0 Å². The molecule has 0 fully saturated rings. The van der Waals surface area contributed by atoms with Gasteiger partial charge in [0, 0.05) is 30.4 Å². The van der Waals surface area contributed by atoms with Crippen LogP contribution in [0.4, 0.5) is 0 Å². The van der Waals surface area contributed by atoms with E-state index in [0.717, 1.165) is 12.2 Å². The second kappa shape index (κ2) is 4.23. The fourth-order valence-corrected chi connectivity index (χ4v) is 0.921. The number of rotatable bonds is 4. The second-order valence-electron chi connectivity index (χ2n) is 3.04. The molecule has 0 saturated heterocycles. The van der Waals surface area contributed by atoms with Crippen molar-refractivity contribution < 1.29 is 0 Å². The smallest absolute Gasteiger partial charge is 0.0535 e. The molecule has 0 aliphatic carbocycles. The molecule has 0 bridgehead atoms. The molecule has 4 heteroatoms. The summed E-state index contributed by atoms with van der Waals surface area (Å²) < 4.78 is 0. The summed E-state index contributed by atoms with van der Waals surface area (Å²) in [5, 5.41) is 10.1. The second-order valence-corrected chi connectivity index (χ2v) is 3.04. The standard InChI is InChI=1S/C8H16N4/c1-6(3-9)10-4-8-5-11-12-7(8)2/h5-6,10H,3-4,9H2,1-2H3,(H,11,12)/t6-/m0/s1. The highest BCUT2D eigenvalue weighted by Gasteiger charge is 2.01. The first-order chi connectivity index (χ1) is 5.74. The number of hydrogen-bond donors (Lipinski definition) is 3. The fourth-order valence-electron chi connectivity index (χ4n) is 0.921. The Balaban J connectivity index is 2.38. The quantitative estimate of drug-likeness (QED) is 0.599. The van der Waals surface area contributed by atoms with Gasteiger partial charge in [0.1, 0.15) is 0 Å². The minimum Gasteiger partial charge on any atom is -0.329 e. The summed E-state index contributed by atoms with van der Waals surface area (Å²) in [7, 11) is 0. The molecule has 1 rings (SSSR count). The van der Waals surface area contributed by atoms with Gasteiger partial charge in [-0.2, -0.15) is 5.10 Å². The highest BCUT2D eigenvalue weighted by atomic mass is 15.1. The average molecular weight is 168 g/mol. The summed E-state index contributed by atoms with van der Waals surface area (Å²) in [6.07, 6.45) is 1.84. The van der Waals surface area contributed by atoms with Crippen molar-refractivity contribution in [2.24, 2.45) is 5.73 Å². The molecule has 1 atom stereocenters. The number of aryl methyl sites for hydroxylation is 1. The van der Waals surface area contributed by atoms with Gasteiger partial charge in [0.25, 0.3) is 0 Å². The first-order valence-corrected chi connectivity index (χ1v) is 4.16. The van der Waals surface area contributed by atoms with Gasteiger partial charge in [-0.3, -0.25) is 5.10 Å². The number of hydrogen-bond acceptors (Lipinski definition) is 3. The van der Waals surface area contributed by atoms with Crippen LogP contribution < -0.4 is 11.1 Å². The van der Waals surface area contributed by atoms with Gasteiger partial charge in [-0.05, 0) is 13.8 Å². The van der Waals surface area contributed by atoms with E-state index in [1.807, 2.05) is 13.1 Å². The van der Waals surface area contributed by atoms with E-state index in [2.05, 4.69) is 22.4 Å². The molecule has 0 amide bonds. The van der Waals surface area contributed by atoms with Crippen molar-refractivity contribution in [3.05, 3.63) is 17.5 Å². The van der Waals surface area contributed by atoms with E-state index in [1.54, 1.807) is 0 Å². The van der Waals surface area contributed by atoms with Crippen LogP contribution in [0.3, 0.4) is 0 Å². The van der Waals surface area contributed by atoms with Crippen LogP contribution in [0.2, 0.25) is 0 Å². The van der Waals surface area contributed by atoms with Gasteiger partial charge in [-0.1, -0.05) is 0 Å². The van der Waals surface area contributed by atoms with Crippen LogP contribution in [0, 0.1) is 6.92 Å². The summed E-state index contributed by atoms with van der Waals surface area (Å²) in [5.74, 6) is 0. The molecule has 0 aromatic carbocycles. The van der Waals surface area contributed by atoms with Crippen molar-refractivity contribution in [2.45, 2.75) is 26.4 Å². The zero-order chi connectivity index (χ0) is 8.97. The van der Waals surface area contributed by atoms with Crippen LogP contribution in [0.25, 0.3) is 0 Å². The number of nitrogens with one attached hydrogen (secondary N) is 2. The molecule has 4 N–H and O–H groups in total. The SMILES string of the molecule is Cc1[nH]ncc1CN[C@@H](C)CN. The normalized spacial score (nSPS) is 13.2. The number of nitrogens with two attached hydrogens (primary N) is 1. The molecule has 0 unspecified atom stereocenters. The number of H-pyrrole nitrogens is 1. The Bertz CT molecular complexity index is 231. The van der Waals surface area contributed by atoms with Crippen molar-refractivity contribution in [3.63, 3.8) is 0 Å². The molecular weight excluding hydrogens is 152 g/mol. The summed E-state index contributed by atoms with van der Waals surface area (Å²) in [6, 6.07) is 0.360. The van der Waals surface area contributed by atoms with E-state index in [4.69, 9.17) is 5.73 Å². The topological polar surface area (TPSA) is 66.7 Å². The van der Waals surface area contributed by atoms with Crippen molar-refractivity contribution >= 4 is 0 Å². The molecule has 12 heavy (non-hydrogen) atoms. The van der Waals surface area contributed by atoms with Crippen LogP contribution in [-0.4, -0.2) is 22.8 Å². The van der Waals surface area contributed by atoms with Gasteiger partial charge in [0.15, 0.2) is 0 Å². The van der Waals surface area contributed by atoms with Crippen LogP contribution in [-0.2, 0) is 6.54 Å². The first-order valence-electron chi connectivity index (χ1n) is 4.16. The van der Waals surface area contributed by atoms with Crippen molar-refractivity contribution in [1.82, 2.24) is 15.5 Å². The van der Waals surface area contributed by atoms with E-state index < -0.39 is 0 Å². The third kappa shape index (κ3) is 2.32. The Labute approximate surface area is 72.5 Å². The molecule has 4 nitrogen and oxygen atoms in total. The van der Waals surface area contributed by atoms with Gasteiger partial charge >= 0.3 is 0 Å². The van der Waals surface area contributed by atoms with Crippen LogP contribution in [0.5, 0.6) is 0 Å². The molecule has 0 saturated carbocycles. The van der Waals surface area contributed by atoms with Crippen LogP contribution in [0.15, 0.2) is 6.20 Å². The lowest BCUT2D eigenvalue weighted by Gasteiger charge is -2.09. The van der Waals surface area contributed by atoms with Crippen LogP contribution >= 0.6 is 0 Å². The van der Waals surface area contributed by atoms with Gasteiger partial charge in [-0.15, -0.1) is 0 Å². The Hall–Kier alpha value is -0.870. The predicted molar refractivity (Wildman–Crippen MR) is 48.7 cm³/mol. The Kier molecular flexibility index (Phi) is 3.25. The Morgan fingerprint density at radius 2 is 2.50 bits per heavy atom. The summed E-state index contributed by atoms with van der Waals surface area (Å²) in [4.78, 5) is 0. The summed E-state index contributed by atoms with van der Waals surface area (Å²) in [5.41, 5.74) is 7.78. The molecule has 68 valence electrons. The van der Waals surface area contributed by atoms with Gasteiger partial charge in [0.05, 0.1) is 6.20 Å². The zero-order valence-electron chi connectivity index (χ0n) is 7.59. The molecule has 1 aromatic heterocycles. The lowest BCUT2D eigenvalue weighted by atomic mass is 10.2. The van der Waals surface area contributed by atoms with E-state index in [1.165, 1.54) is 5.56 Å². The number of aromatic nitrogens is 2. The Morgan fingerprint density at radius 3 is 3.00 bits per heavy atom. The zero-order valence-corrected chi connectivity index (χ0v) is 7.59. The van der Waals surface area contributed by atoms with Crippen molar-refractivity contribution in [3.8, 4) is 0 Å². The molecular formula is C8H16N4. The molecule has 0 aliphatic heterocycles. The molecule has 0 aliphatic rings. The highest BCUT2D eigenvalue weighted by molar-refractivity contribution is 5.13. The van der Waals surface area contributed by atoms with E-state index in [0.29, 0.717) is 12.6 Å². The number of nitrogens with zero attached hydrogens (tertiary/aromatic N) is 1. The fraction of sp³-hybridized carbons (Fsp3) is 0.625. The van der Waals surface area contributed by atoms with E-state index in [9.17, 15) is 0 Å². The summed E-state index contributed by atoms with van der Waals surface area (Å²) in [6.45, 7) is 5.57. The lowest BCUT2D eigenvalue weighted by Crippen LogP contribution is -2.32. The average Bonchev–Trinajstić information content (AvgIpc) is 2.47. The third-order valence-electron chi connectivity index (χ3n) is 1.93. The lowest BCUT2D eigenvalue weighted by molar-refractivity contribution is 0.555. The minimum absolute atomic E-state index is 0.360. The molecule has 0 radical (unpaired) electrons. The van der Waals surface area contributed by atoms with E-state index in [-0.39, 0.29) is 0 Å². The third-order valence-corrected chi connectivity index (χ3v) is 1.93. The maximum atomic E-state index is 5.46. The maximum Gasteiger partial charge on any atom is 0.0535 e. The van der Waals surface area contributed by atoms with Crippen LogP contribution in [0.1, 0.15) is 18.2 Å². The maximum absolute atomic E-state index is 5.46.